The summed E-state index contributed by atoms with van der Waals surface area (Å²) in [4.78, 5) is 33.7. The van der Waals surface area contributed by atoms with Gasteiger partial charge in [0, 0.05) is 11.3 Å². The van der Waals surface area contributed by atoms with E-state index in [1.54, 1.807) is 26.0 Å². The number of furan rings is 1. The standard InChI is InChI=1S/C28H24N2O4S/c1-15-10-12-20(14-16(15)2)30-23(21-13-11-17(3)34-21)22(25(32)28(30)33)24(31)26-18(4)29-27(35-26)19-8-6-5-7-9-19/h5-14,23,32H,1-4H3. The summed E-state index contributed by atoms with van der Waals surface area (Å²) in [5, 5.41) is 11.7. The SMILES string of the molecule is Cc1ccc(C2C(C(=O)c3sc(-c4ccccc4)nc3C)=C(O)C(=O)N2c2ccc(C)c(C)c2)o1. The molecule has 0 saturated heterocycles. The molecule has 2 aromatic carbocycles. The Bertz CT molecular complexity index is 1500. The van der Waals surface area contributed by atoms with Gasteiger partial charge in [0.2, 0.25) is 5.78 Å². The van der Waals surface area contributed by atoms with E-state index < -0.39 is 23.5 Å². The van der Waals surface area contributed by atoms with E-state index in [1.807, 2.05) is 62.4 Å². The van der Waals surface area contributed by atoms with Gasteiger partial charge in [0.15, 0.2) is 5.76 Å². The van der Waals surface area contributed by atoms with Crippen molar-refractivity contribution in [2.24, 2.45) is 0 Å². The van der Waals surface area contributed by atoms with Crippen molar-refractivity contribution in [3.05, 3.63) is 105 Å². The first-order chi connectivity index (χ1) is 16.8. The Labute approximate surface area is 207 Å². The van der Waals surface area contributed by atoms with E-state index in [4.69, 9.17) is 4.42 Å². The number of anilines is 1. The van der Waals surface area contributed by atoms with Crippen molar-refractivity contribution in [2.45, 2.75) is 33.7 Å². The molecule has 4 aromatic rings. The fraction of sp³-hybridized carbons (Fsp3) is 0.179. The molecule has 0 radical (unpaired) electrons. The number of aliphatic hydroxyl groups excluding tert-OH is 1. The van der Waals surface area contributed by atoms with E-state index in [1.165, 1.54) is 16.2 Å². The van der Waals surface area contributed by atoms with Gasteiger partial charge in [-0.2, -0.15) is 0 Å². The molecule has 2 aromatic heterocycles. The van der Waals surface area contributed by atoms with Crippen LogP contribution in [0.5, 0.6) is 0 Å². The lowest BCUT2D eigenvalue weighted by molar-refractivity contribution is -0.117. The minimum absolute atomic E-state index is 0.00561. The summed E-state index contributed by atoms with van der Waals surface area (Å²) in [5.41, 5.74) is 4.09. The van der Waals surface area contributed by atoms with E-state index in [2.05, 4.69) is 4.98 Å². The molecular weight excluding hydrogens is 460 g/mol. The largest absolute Gasteiger partial charge is 0.503 e. The van der Waals surface area contributed by atoms with Gasteiger partial charge in [-0.1, -0.05) is 36.4 Å². The van der Waals surface area contributed by atoms with Crippen LogP contribution in [0.3, 0.4) is 0 Å². The number of aliphatic hydroxyl groups is 1. The highest BCUT2D eigenvalue weighted by molar-refractivity contribution is 7.17. The Morgan fingerprint density at radius 2 is 1.74 bits per heavy atom. The number of thiazole rings is 1. The lowest BCUT2D eigenvalue weighted by atomic mass is 9.99. The van der Waals surface area contributed by atoms with Crippen LogP contribution in [-0.2, 0) is 4.79 Å². The molecular formula is C28H24N2O4S. The fourth-order valence-electron chi connectivity index (χ4n) is 4.28. The first kappa shape index (κ1) is 22.8. The van der Waals surface area contributed by atoms with Crippen LogP contribution < -0.4 is 4.90 Å². The summed E-state index contributed by atoms with van der Waals surface area (Å²) in [6.45, 7) is 7.50. The number of aryl methyl sites for hydroxylation is 4. The van der Waals surface area contributed by atoms with Crippen LogP contribution in [0.25, 0.3) is 10.6 Å². The first-order valence-corrected chi connectivity index (χ1v) is 12.1. The van der Waals surface area contributed by atoms with Crippen LogP contribution >= 0.6 is 11.3 Å². The fourth-order valence-corrected chi connectivity index (χ4v) is 5.31. The molecule has 1 unspecified atom stereocenters. The van der Waals surface area contributed by atoms with Crippen LogP contribution in [0, 0.1) is 27.7 Å². The predicted octanol–water partition coefficient (Wildman–Crippen LogP) is 6.42. The number of benzene rings is 2. The van der Waals surface area contributed by atoms with E-state index in [9.17, 15) is 14.7 Å². The molecule has 0 aliphatic carbocycles. The highest BCUT2D eigenvalue weighted by atomic mass is 32.1. The summed E-state index contributed by atoms with van der Waals surface area (Å²) in [7, 11) is 0. The number of amides is 1. The molecule has 1 aliphatic heterocycles. The van der Waals surface area contributed by atoms with Crippen LogP contribution in [-0.4, -0.2) is 21.8 Å². The third-order valence-corrected chi connectivity index (χ3v) is 7.48. The van der Waals surface area contributed by atoms with Gasteiger partial charge in [0.1, 0.15) is 22.6 Å². The average molecular weight is 485 g/mol. The molecule has 35 heavy (non-hydrogen) atoms. The summed E-state index contributed by atoms with van der Waals surface area (Å²) in [6, 6.07) is 17.8. The predicted molar refractivity (Wildman–Crippen MR) is 136 cm³/mol. The Hall–Kier alpha value is -3.97. The average Bonchev–Trinajstić information content (AvgIpc) is 3.52. The van der Waals surface area contributed by atoms with Crippen LogP contribution in [0.4, 0.5) is 5.69 Å². The highest BCUT2D eigenvalue weighted by Gasteiger charge is 2.47. The lowest BCUT2D eigenvalue weighted by Gasteiger charge is -2.25. The van der Waals surface area contributed by atoms with Gasteiger partial charge in [0.25, 0.3) is 5.91 Å². The van der Waals surface area contributed by atoms with E-state index in [-0.39, 0.29) is 5.57 Å². The summed E-state index contributed by atoms with van der Waals surface area (Å²) < 4.78 is 5.89. The number of nitrogens with zero attached hydrogens (tertiary/aromatic N) is 2. The molecule has 1 amide bonds. The van der Waals surface area contributed by atoms with Crippen molar-refractivity contribution >= 4 is 28.7 Å². The number of hydrogen-bond acceptors (Lipinski definition) is 6. The second-order valence-corrected chi connectivity index (χ2v) is 9.68. The number of rotatable bonds is 5. The molecule has 6 nitrogen and oxygen atoms in total. The maximum atomic E-state index is 13.9. The van der Waals surface area contributed by atoms with Gasteiger partial charge in [-0.3, -0.25) is 14.5 Å². The number of aromatic nitrogens is 1. The topological polar surface area (TPSA) is 83.6 Å². The van der Waals surface area contributed by atoms with Gasteiger partial charge in [-0.15, -0.1) is 11.3 Å². The molecule has 176 valence electrons. The number of Topliss-reactive ketones (excluding diaryl/α,β-unsaturated/α-hetero) is 1. The van der Waals surface area contributed by atoms with E-state index in [0.29, 0.717) is 32.8 Å². The Balaban J connectivity index is 1.63. The van der Waals surface area contributed by atoms with Gasteiger partial charge in [-0.05, 0) is 63.1 Å². The number of hydrogen-bond donors (Lipinski definition) is 1. The van der Waals surface area contributed by atoms with Crippen molar-refractivity contribution in [2.75, 3.05) is 4.90 Å². The van der Waals surface area contributed by atoms with Gasteiger partial charge in [-0.25, -0.2) is 4.98 Å². The third kappa shape index (κ3) is 3.88. The van der Waals surface area contributed by atoms with Crippen molar-refractivity contribution in [3.8, 4) is 10.6 Å². The molecule has 0 bridgehead atoms. The van der Waals surface area contributed by atoms with Crippen molar-refractivity contribution in [1.82, 2.24) is 4.98 Å². The lowest BCUT2D eigenvalue weighted by Crippen LogP contribution is -2.31. The minimum Gasteiger partial charge on any atom is -0.503 e. The Kier molecular flexibility index (Phi) is 5.65. The van der Waals surface area contributed by atoms with Crippen LogP contribution in [0.1, 0.15) is 44.1 Å². The normalized spacial score (nSPS) is 15.8. The van der Waals surface area contributed by atoms with Gasteiger partial charge < -0.3 is 9.52 Å². The Morgan fingerprint density at radius 1 is 1.00 bits per heavy atom. The van der Waals surface area contributed by atoms with Crippen LogP contribution in [0.15, 0.2) is 76.4 Å². The number of carbonyl (C=O) groups excluding carboxylic acids is 2. The monoisotopic (exact) mass is 484 g/mol. The van der Waals surface area contributed by atoms with E-state index >= 15 is 0 Å². The second kappa shape index (κ2) is 8.67. The Morgan fingerprint density at radius 3 is 2.40 bits per heavy atom. The molecule has 3 heterocycles. The molecule has 1 atom stereocenters. The third-order valence-electron chi connectivity index (χ3n) is 6.28. The quantitative estimate of drug-likeness (QED) is 0.331. The smallest absolute Gasteiger partial charge is 0.294 e. The molecule has 1 aliphatic rings. The maximum Gasteiger partial charge on any atom is 0.294 e. The van der Waals surface area contributed by atoms with Crippen molar-refractivity contribution in [3.63, 3.8) is 0 Å². The first-order valence-electron chi connectivity index (χ1n) is 11.2. The van der Waals surface area contributed by atoms with Crippen molar-refractivity contribution < 1.29 is 19.1 Å². The van der Waals surface area contributed by atoms with E-state index in [0.717, 1.165) is 16.7 Å². The molecule has 0 spiro atoms. The zero-order valence-corrected chi connectivity index (χ0v) is 20.6. The zero-order chi connectivity index (χ0) is 24.9. The molecule has 0 fully saturated rings. The highest BCUT2D eigenvalue weighted by Crippen LogP contribution is 2.44. The molecule has 5 rings (SSSR count). The summed E-state index contributed by atoms with van der Waals surface area (Å²) >= 11 is 1.25. The molecule has 7 heteroatoms. The minimum atomic E-state index is -0.896. The zero-order valence-electron chi connectivity index (χ0n) is 19.8. The van der Waals surface area contributed by atoms with Crippen LogP contribution in [0.2, 0.25) is 0 Å². The second-order valence-electron chi connectivity index (χ2n) is 8.69. The van der Waals surface area contributed by atoms with Crippen molar-refractivity contribution in [1.29, 1.82) is 0 Å². The summed E-state index contributed by atoms with van der Waals surface area (Å²) in [5.74, 6) is -0.584. The number of ketones is 1. The summed E-state index contributed by atoms with van der Waals surface area (Å²) in [6.07, 6.45) is 0. The van der Waals surface area contributed by atoms with Gasteiger partial charge in [0.05, 0.1) is 16.1 Å². The van der Waals surface area contributed by atoms with Gasteiger partial charge >= 0.3 is 0 Å². The number of carbonyl (C=O) groups is 2. The molecule has 1 N–H and O–H groups in total. The molecule has 0 saturated carbocycles. The maximum absolute atomic E-state index is 13.9.